The Bertz CT molecular complexity index is 605. The summed E-state index contributed by atoms with van der Waals surface area (Å²) in [4.78, 5) is 28.1. The lowest BCUT2D eigenvalue weighted by Gasteiger charge is -2.01. The molecular weight excluding hydrogens is 296 g/mol. The number of aryl methyl sites for hydroxylation is 2. The van der Waals surface area contributed by atoms with Crippen LogP contribution in [0.2, 0.25) is 0 Å². The average molecular weight is 310 g/mol. The highest BCUT2D eigenvalue weighted by Gasteiger charge is 2.14. The van der Waals surface area contributed by atoms with Crippen molar-refractivity contribution in [3.05, 3.63) is 38.0 Å². The fourth-order valence-corrected chi connectivity index (χ4v) is 3.23. The summed E-state index contributed by atoms with van der Waals surface area (Å²) >= 11 is 2.73. The maximum Gasteiger partial charge on any atom is 0.347 e. The molecule has 2 heterocycles. The van der Waals surface area contributed by atoms with E-state index in [9.17, 15) is 9.59 Å². The lowest BCUT2D eigenvalue weighted by Crippen LogP contribution is -2.22. The molecule has 2 N–H and O–H groups in total. The summed E-state index contributed by atoms with van der Waals surface area (Å²) in [6, 6.07) is 3.96. The van der Waals surface area contributed by atoms with Crippen molar-refractivity contribution in [3.8, 4) is 0 Å². The summed E-state index contributed by atoms with van der Waals surface area (Å²) in [5, 5.41) is 14.3. The van der Waals surface area contributed by atoms with Crippen molar-refractivity contribution in [2.45, 2.75) is 26.3 Å². The van der Waals surface area contributed by atoms with Gasteiger partial charge in [-0.3, -0.25) is 4.79 Å². The Morgan fingerprint density at radius 2 is 2.25 bits per heavy atom. The van der Waals surface area contributed by atoms with E-state index in [1.807, 2.05) is 17.5 Å². The van der Waals surface area contributed by atoms with Crippen LogP contribution in [0.4, 0.5) is 0 Å². The standard InChI is InChI=1S/C13H14N2O3S2/c1-8-12(13(17)18)20-11(15-8)7-14-10(16)5-4-9-3-2-6-19-9/h2-3,6H,4-5,7H2,1H3,(H,14,16)(H,17,18). The van der Waals surface area contributed by atoms with Crippen LogP contribution in [-0.2, 0) is 17.8 Å². The van der Waals surface area contributed by atoms with E-state index in [-0.39, 0.29) is 17.3 Å². The molecule has 0 aliphatic carbocycles. The van der Waals surface area contributed by atoms with Gasteiger partial charge in [-0.15, -0.1) is 22.7 Å². The van der Waals surface area contributed by atoms with E-state index in [0.29, 0.717) is 17.1 Å². The van der Waals surface area contributed by atoms with E-state index in [1.165, 1.54) is 4.88 Å². The second kappa shape index (κ2) is 6.62. The Kier molecular flexibility index (Phi) is 4.86. The SMILES string of the molecule is Cc1nc(CNC(=O)CCc2cccs2)sc1C(=O)O. The van der Waals surface area contributed by atoms with Crippen LogP contribution in [0.1, 0.15) is 31.7 Å². The van der Waals surface area contributed by atoms with Crippen LogP contribution in [-0.4, -0.2) is 22.0 Å². The molecular formula is C13H14N2O3S2. The normalized spacial score (nSPS) is 10.4. The minimum absolute atomic E-state index is 0.0527. The lowest BCUT2D eigenvalue weighted by molar-refractivity contribution is -0.121. The third-order valence-electron chi connectivity index (χ3n) is 2.65. The Morgan fingerprint density at radius 3 is 2.85 bits per heavy atom. The fourth-order valence-electron chi connectivity index (χ4n) is 1.68. The number of nitrogens with zero attached hydrogens (tertiary/aromatic N) is 1. The molecule has 5 nitrogen and oxygen atoms in total. The van der Waals surface area contributed by atoms with E-state index in [0.717, 1.165) is 17.8 Å². The summed E-state index contributed by atoms with van der Waals surface area (Å²) < 4.78 is 0. The number of carbonyl (C=O) groups excluding carboxylic acids is 1. The van der Waals surface area contributed by atoms with Crippen molar-refractivity contribution in [1.82, 2.24) is 10.3 Å². The molecule has 0 bridgehead atoms. The quantitative estimate of drug-likeness (QED) is 0.859. The van der Waals surface area contributed by atoms with E-state index in [4.69, 9.17) is 5.11 Å². The average Bonchev–Trinajstić information content (AvgIpc) is 3.03. The zero-order valence-corrected chi connectivity index (χ0v) is 12.5. The van der Waals surface area contributed by atoms with Crippen molar-refractivity contribution in [2.24, 2.45) is 0 Å². The van der Waals surface area contributed by atoms with Gasteiger partial charge in [0.1, 0.15) is 9.88 Å². The van der Waals surface area contributed by atoms with Gasteiger partial charge in [-0.1, -0.05) is 6.07 Å². The highest BCUT2D eigenvalue weighted by atomic mass is 32.1. The van der Waals surface area contributed by atoms with Gasteiger partial charge in [-0.25, -0.2) is 9.78 Å². The molecule has 0 aromatic carbocycles. The maximum absolute atomic E-state index is 11.7. The second-order valence-corrected chi connectivity index (χ2v) is 6.30. The van der Waals surface area contributed by atoms with Crippen molar-refractivity contribution in [1.29, 1.82) is 0 Å². The third-order valence-corrected chi connectivity index (χ3v) is 4.73. The van der Waals surface area contributed by atoms with Gasteiger partial charge < -0.3 is 10.4 Å². The Balaban J connectivity index is 1.81. The number of hydrogen-bond donors (Lipinski definition) is 2. The van der Waals surface area contributed by atoms with Crippen molar-refractivity contribution in [3.63, 3.8) is 0 Å². The van der Waals surface area contributed by atoms with Crippen LogP contribution in [0.15, 0.2) is 17.5 Å². The van der Waals surface area contributed by atoms with Gasteiger partial charge in [0, 0.05) is 11.3 Å². The molecule has 7 heteroatoms. The van der Waals surface area contributed by atoms with E-state index < -0.39 is 5.97 Å². The monoisotopic (exact) mass is 310 g/mol. The number of amides is 1. The number of aromatic nitrogens is 1. The lowest BCUT2D eigenvalue weighted by atomic mass is 10.2. The zero-order valence-electron chi connectivity index (χ0n) is 10.9. The molecule has 20 heavy (non-hydrogen) atoms. The van der Waals surface area contributed by atoms with E-state index in [2.05, 4.69) is 10.3 Å². The predicted molar refractivity (Wildman–Crippen MR) is 78.3 cm³/mol. The number of carboxylic acid groups (broad SMARTS) is 1. The van der Waals surface area contributed by atoms with Gasteiger partial charge in [-0.05, 0) is 24.8 Å². The largest absolute Gasteiger partial charge is 0.477 e. The molecule has 106 valence electrons. The van der Waals surface area contributed by atoms with Crippen LogP contribution < -0.4 is 5.32 Å². The predicted octanol–water partition coefficient (Wildman–Crippen LogP) is 2.46. The second-order valence-electron chi connectivity index (χ2n) is 4.18. The molecule has 2 rings (SSSR count). The van der Waals surface area contributed by atoms with Gasteiger partial charge in [0.25, 0.3) is 0 Å². The first-order valence-corrected chi connectivity index (χ1v) is 7.74. The smallest absolute Gasteiger partial charge is 0.347 e. The minimum Gasteiger partial charge on any atom is -0.477 e. The summed E-state index contributed by atoms with van der Waals surface area (Å²) in [5.41, 5.74) is 0.491. The first-order valence-electron chi connectivity index (χ1n) is 6.05. The van der Waals surface area contributed by atoms with Crippen molar-refractivity contribution in [2.75, 3.05) is 0 Å². The summed E-state index contributed by atoms with van der Waals surface area (Å²) in [6.45, 7) is 1.93. The number of nitrogens with one attached hydrogen (secondary N) is 1. The molecule has 0 aliphatic rings. The van der Waals surface area contributed by atoms with Gasteiger partial charge in [0.05, 0.1) is 12.2 Å². The van der Waals surface area contributed by atoms with Crippen LogP contribution in [0.5, 0.6) is 0 Å². The number of carboxylic acids is 1. The minimum atomic E-state index is -0.977. The van der Waals surface area contributed by atoms with Gasteiger partial charge in [0.2, 0.25) is 5.91 Å². The number of rotatable bonds is 6. The fraction of sp³-hybridized carbons (Fsp3) is 0.308. The number of thiophene rings is 1. The Labute approximate surface area is 124 Å². The molecule has 0 atom stereocenters. The van der Waals surface area contributed by atoms with E-state index in [1.54, 1.807) is 18.3 Å². The Hall–Kier alpha value is -1.73. The summed E-state index contributed by atoms with van der Waals surface area (Å²) in [7, 11) is 0. The molecule has 0 saturated heterocycles. The number of carbonyl (C=O) groups is 2. The first kappa shape index (κ1) is 14.7. The molecule has 0 fully saturated rings. The molecule has 2 aromatic heterocycles. The molecule has 0 aliphatic heterocycles. The third kappa shape index (κ3) is 3.88. The highest BCUT2D eigenvalue weighted by Crippen LogP contribution is 2.17. The summed E-state index contributed by atoms with van der Waals surface area (Å²) in [6.07, 6.45) is 1.15. The molecule has 0 spiro atoms. The van der Waals surface area contributed by atoms with Gasteiger partial charge in [-0.2, -0.15) is 0 Å². The number of thiazole rings is 1. The van der Waals surface area contributed by atoms with E-state index >= 15 is 0 Å². The topological polar surface area (TPSA) is 79.3 Å². The molecule has 2 aromatic rings. The molecule has 0 unspecified atom stereocenters. The molecule has 0 radical (unpaired) electrons. The summed E-state index contributed by atoms with van der Waals surface area (Å²) in [5.74, 6) is -1.03. The first-order chi connectivity index (χ1) is 9.56. The van der Waals surface area contributed by atoms with Crippen LogP contribution >= 0.6 is 22.7 Å². The Morgan fingerprint density at radius 1 is 1.45 bits per heavy atom. The molecule has 1 amide bonds. The highest BCUT2D eigenvalue weighted by molar-refractivity contribution is 7.13. The van der Waals surface area contributed by atoms with Crippen molar-refractivity contribution < 1.29 is 14.7 Å². The molecule has 0 saturated carbocycles. The number of aromatic carboxylic acids is 1. The maximum atomic E-state index is 11.7. The van der Waals surface area contributed by atoms with Crippen molar-refractivity contribution >= 4 is 34.6 Å². The van der Waals surface area contributed by atoms with Crippen LogP contribution in [0.25, 0.3) is 0 Å². The van der Waals surface area contributed by atoms with Crippen LogP contribution in [0.3, 0.4) is 0 Å². The zero-order chi connectivity index (χ0) is 14.5. The van der Waals surface area contributed by atoms with Gasteiger partial charge >= 0.3 is 5.97 Å². The van der Waals surface area contributed by atoms with Gasteiger partial charge in [0.15, 0.2) is 0 Å². The van der Waals surface area contributed by atoms with Crippen LogP contribution in [0, 0.1) is 6.92 Å². The number of hydrogen-bond acceptors (Lipinski definition) is 5.